The second kappa shape index (κ2) is 9.17. The van der Waals surface area contributed by atoms with Crippen LogP contribution in [0.15, 0.2) is 54.6 Å². The maximum absolute atomic E-state index is 12.2. The van der Waals surface area contributed by atoms with Gasteiger partial charge in [0.05, 0.1) is 33.4 Å². The van der Waals surface area contributed by atoms with Crippen molar-refractivity contribution in [3.63, 3.8) is 0 Å². The molecule has 0 spiro atoms. The lowest BCUT2D eigenvalue weighted by molar-refractivity contribution is -0.929. The molecule has 1 amide bonds. The zero-order chi connectivity index (χ0) is 17.7. The summed E-state index contributed by atoms with van der Waals surface area (Å²) >= 11 is 0. The summed E-state index contributed by atoms with van der Waals surface area (Å²) in [7, 11) is 4.59. The Morgan fingerprint density at radius 3 is 2.27 bits per heavy atom. The summed E-state index contributed by atoms with van der Waals surface area (Å²) in [5.41, 5.74) is 2.78. The van der Waals surface area contributed by atoms with Crippen LogP contribution < -0.4 is 17.7 Å². The summed E-state index contributed by atoms with van der Waals surface area (Å²) in [5, 5.41) is 2.95. The van der Waals surface area contributed by atoms with Crippen molar-refractivity contribution < 1.29 is 26.4 Å². The highest BCUT2D eigenvalue weighted by atomic mass is 35.5. The van der Waals surface area contributed by atoms with Crippen molar-refractivity contribution in [1.82, 2.24) is 0 Å². The Morgan fingerprint density at radius 1 is 1.04 bits per heavy atom. The van der Waals surface area contributed by atoms with Crippen LogP contribution in [0, 0.1) is 0 Å². The fourth-order valence-electron chi connectivity index (χ4n) is 3.47. The molecule has 2 aromatic rings. The van der Waals surface area contributed by atoms with E-state index in [0.717, 1.165) is 42.8 Å². The third-order valence-electron chi connectivity index (χ3n) is 5.02. The lowest BCUT2D eigenvalue weighted by Crippen LogP contribution is -3.00. The van der Waals surface area contributed by atoms with Gasteiger partial charge in [-0.3, -0.25) is 4.79 Å². The van der Waals surface area contributed by atoms with Crippen molar-refractivity contribution in [2.24, 2.45) is 0 Å². The van der Waals surface area contributed by atoms with Gasteiger partial charge < -0.3 is 26.9 Å². The van der Waals surface area contributed by atoms with Gasteiger partial charge in [0.2, 0.25) is 0 Å². The van der Waals surface area contributed by atoms with Crippen LogP contribution in [0.1, 0.15) is 28.8 Å². The second-order valence-electron chi connectivity index (χ2n) is 7.30. The largest absolute Gasteiger partial charge is 1.00 e. The summed E-state index contributed by atoms with van der Waals surface area (Å²) in [6.07, 6.45) is 2.25. The number of hydrogen-bond donors (Lipinski definition) is 1. The molecule has 2 aromatic carbocycles. The lowest BCUT2D eigenvalue weighted by Gasteiger charge is -2.40. The van der Waals surface area contributed by atoms with Gasteiger partial charge in [-0.25, -0.2) is 0 Å². The van der Waals surface area contributed by atoms with Crippen LogP contribution in [-0.2, 0) is 11.3 Å². The number of hydrogen-bond acceptors (Lipinski definition) is 2. The molecule has 1 heterocycles. The van der Waals surface area contributed by atoms with Gasteiger partial charge in [-0.15, -0.1) is 0 Å². The molecular weight excluding hydrogens is 348 g/mol. The highest BCUT2D eigenvalue weighted by Gasteiger charge is 2.30. The van der Waals surface area contributed by atoms with E-state index in [-0.39, 0.29) is 18.3 Å². The van der Waals surface area contributed by atoms with Crippen LogP contribution >= 0.6 is 0 Å². The number of nitrogens with one attached hydrogen (secondary N) is 1. The molecule has 1 aliphatic rings. The normalized spacial score (nSPS) is 15.2. The van der Waals surface area contributed by atoms with Crippen LogP contribution in [-0.4, -0.2) is 43.7 Å². The first-order chi connectivity index (χ1) is 12.0. The number of ether oxygens (including phenoxy) is 1. The third kappa shape index (κ3) is 5.31. The Labute approximate surface area is 162 Å². The molecule has 140 valence electrons. The Bertz CT molecular complexity index is 696. The maximum Gasteiger partial charge on any atom is 0.255 e. The van der Waals surface area contributed by atoms with Crippen LogP contribution in [0.2, 0.25) is 0 Å². The van der Waals surface area contributed by atoms with E-state index in [0.29, 0.717) is 11.6 Å². The fourth-order valence-corrected chi connectivity index (χ4v) is 3.47. The van der Waals surface area contributed by atoms with Crippen LogP contribution in [0.25, 0.3) is 0 Å². The molecule has 3 rings (SSSR count). The van der Waals surface area contributed by atoms with Crippen molar-refractivity contribution >= 4 is 11.6 Å². The molecule has 0 radical (unpaired) electrons. The van der Waals surface area contributed by atoms with Gasteiger partial charge in [0.15, 0.2) is 0 Å². The Hall–Kier alpha value is -1.88. The van der Waals surface area contributed by atoms with E-state index < -0.39 is 0 Å². The number of rotatable bonds is 5. The van der Waals surface area contributed by atoms with Crippen molar-refractivity contribution in [1.29, 1.82) is 0 Å². The summed E-state index contributed by atoms with van der Waals surface area (Å²) in [6.45, 7) is 2.73. The third-order valence-corrected chi connectivity index (χ3v) is 5.02. The molecule has 0 atom stereocenters. The van der Waals surface area contributed by atoms with Gasteiger partial charge in [-0.05, 0) is 24.3 Å². The molecule has 1 N–H and O–H groups in total. The van der Waals surface area contributed by atoms with Gasteiger partial charge in [-0.2, -0.15) is 0 Å². The number of carbonyl (C=O) groups is 1. The monoisotopic (exact) mass is 374 g/mol. The van der Waals surface area contributed by atoms with Gasteiger partial charge >= 0.3 is 0 Å². The molecule has 1 saturated heterocycles. The van der Waals surface area contributed by atoms with Crippen molar-refractivity contribution in [3.8, 4) is 0 Å². The summed E-state index contributed by atoms with van der Waals surface area (Å²) in [5.74, 6) is -0.0772. The molecule has 26 heavy (non-hydrogen) atoms. The SMILES string of the molecule is C[N+](C)(Cc1ccc(NC(=O)c2ccccc2)cc1)C1CCOCC1.[Cl-]. The molecular formula is C21H27ClN2O2. The average Bonchev–Trinajstić information content (AvgIpc) is 2.64. The molecule has 1 fully saturated rings. The average molecular weight is 375 g/mol. The molecule has 0 unspecified atom stereocenters. The van der Waals surface area contributed by atoms with Crippen molar-refractivity contribution in [3.05, 3.63) is 65.7 Å². The fraction of sp³-hybridized carbons (Fsp3) is 0.381. The number of halogens is 1. The standard InChI is InChI=1S/C21H26N2O2.ClH/c1-23(2,20-12-14-25-15-13-20)16-17-8-10-19(11-9-17)22-21(24)18-6-4-3-5-7-18;/h3-11,20H,12-16H2,1-2H3;1H. The van der Waals surface area contributed by atoms with Crippen molar-refractivity contribution in [2.75, 3.05) is 32.6 Å². The zero-order valence-electron chi connectivity index (χ0n) is 15.5. The molecule has 0 bridgehead atoms. The Morgan fingerprint density at radius 2 is 1.65 bits per heavy atom. The topological polar surface area (TPSA) is 38.3 Å². The number of amides is 1. The Balaban J connectivity index is 0.00000243. The number of anilines is 1. The molecule has 0 aromatic heterocycles. The van der Waals surface area contributed by atoms with E-state index in [9.17, 15) is 4.79 Å². The first-order valence-electron chi connectivity index (χ1n) is 8.90. The van der Waals surface area contributed by atoms with E-state index in [4.69, 9.17) is 4.74 Å². The van der Waals surface area contributed by atoms with Crippen LogP contribution in [0.5, 0.6) is 0 Å². The first-order valence-corrected chi connectivity index (χ1v) is 8.90. The maximum atomic E-state index is 12.2. The van der Waals surface area contributed by atoms with Crippen LogP contribution in [0.4, 0.5) is 5.69 Å². The number of benzene rings is 2. The zero-order valence-corrected chi connectivity index (χ0v) is 16.2. The Kier molecular flexibility index (Phi) is 7.21. The van der Waals surface area contributed by atoms with E-state index >= 15 is 0 Å². The highest BCUT2D eigenvalue weighted by Crippen LogP contribution is 2.23. The van der Waals surface area contributed by atoms with Gasteiger partial charge in [0.1, 0.15) is 6.54 Å². The van der Waals surface area contributed by atoms with Gasteiger partial charge in [0.25, 0.3) is 5.91 Å². The molecule has 1 aliphatic heterocycles. The van der Waals surface area contributed by atoms with E-state index in [1.165, 1.54) is 5.56 Å². The second-order valence-corrected chi connectivity index (χ2v) is 7.30. The predicted octanol–water partition coefficient (Wildman–Crippen LogP) is 0.698. The number of quaternary nitrogens is 1. The van der Waals surface area contributed by atoms with Crippen LogP contribution in [0.3, 0.4) is 0 Å². The quantitative estimate of drug-likeness (QED) is 0.782. The minimum atomic E-state index is -0.0772. The molecule has 5 heteroatoms. The van der Waals surface area contributed by atoms with E-state index in [1.54, 1.807) is 0 Å². The van der Waals surface area contributed by atoms with Gasteiger partial charge in [0, 0.05) is 29.7 Å². The summed E-state index contributed by atoms with van der Waals surface area (Å²) in [4.78, 5) is 12.2. The van der Waals surface area contributed by atoms with Crippen molar-refractivity contribution in [2.45, 2.75) is 25.4 Å². The molecule has 0 saturated carbocycles. The summed E-state index contributed by atoms with van der Waals surface area (Å²) in [6, 6.07) is 18.1. The molecule has 4 nitrogen and oxygen atoms in total. The highest BCUT2D eigenvalue weighted by molar-refractivity contribution is 6.04. The number of nitrogens with zero attached hydrogens (tertiary/aromatic N) is 1. The van der Waals surface area contributed by atoms with Gasteiger partial charge in [-0.1, -0.05) is 30.3 Å². The van der Waals surface area contributed by atoms with E-state index in [2.05, 4.69) is 31.5 Å². The first kappa shape index (κ1) is 20.4. The van der Waals surface area contributed by atoms with E-state index in [1.807, 2.05) is 42.5 Å². The predicted molar refractivity (Wildman–Crippen MR) is 100 cm³/mol. The molecule has 0 aliphatic carbocycles. The minimum absolute atomic E-state index is 0. The summed E-state index contributed by atoms with van der Waals surface area (Å²) < 4.78 is 6.46. The lowest BCUT2D eigenvalue weighted by atomic mass is 10.0. The smallest absolute Gasteiger partial charge is 0.255 e. The minimum Gasteiger partial charge on any atom is -1.00 e. The number of carbonyl (C=O) groups excluding carboxylic acids is 1.